The van der Waals surface area contributed by atoms with Crippen LogP contribution in [0.4, 0.5) is 4.39 Å². The van der Waals surface area contributed by atoms with Crippen molar-refractivity contribution in [1.82, 2.24) is 9.55 Å². The van der Waals surface area contributed by atoms with E-state index in [1.165, 1.54) is 12.1 Å². The van der Waals surface area contributed by atoms with Gasteiger partial charge in [0.25, 0.3) is 0 Å². The van der Waals surface area contributed by atoms with E-state index in [-0.39, 0.29) is 16.9 Å². The fourth-order valence-electron chi connectivity index (χ4n) is 2.09. The van der Waals surface area contributed by atoms with Gasteiger partial charge in [0, 0.05) is 12.7 Å². The number of alkyl halides is 1. The highest BCUT2D eigenvalue weighted by Gasteiger charge is 2.17. The van der Waals surface area contributed by atoms with E-state index in [9.17, 15) is 4.39 Å². The number of rotatable bonds is 5. The van der Waals surface area contributed by atoms with Crippen LogP contribution in [0.2, 0.25) is 5.02 Å². The van der Waals surface area contributed by atoms with E-state index in [0.717, 1.165) is 0 Å². The van der Waals surface area contributed by atoms with E-state index < -0.39 is 5.82 Å². The molecule has 0 aliphatic heterocycles. The van der Waals surface area contributed by atoms with Gasteiger partial charge in [-0.05, 0) is 19.9 Å². The third kappa shape index (κ3) is 2.86. The Morgan fingerprint density at radius 2 is 2.21 bits per heavy atom. The van der Waals surface area contributed by atoms with Crippen molar-refractivity contribution in [1.29, 1.82) is 0 Å². The lowest BCUT2D eigenvalue weighted by molar-refractivity contribution is 0.119. The molecule has 0 aliphatic carbocycles. The molecule has 0 saturated carbocycles. The number of hydrogen-bond acceptors (Lipinski definition) is 2. The molecular formula is C13H15Cl2FN2O. The Bertz CT molecular complexity index is 586. The zero-order chi connectivity index (χ0) is 14.0. The smallest absolute Gasteiger partial charge is 0.144 e. The van der Waals surface area contributed by atoms with Crippen LogP contribution in [0.15, 0.2) is 12.1 Å². The van der Waals surface area contributed by atoms with E-state index in [1.807, 2.05) is 18.4 Å². The molecule has 1 aromatic carbocycles. The Morgan fingerprint density at radius 1 is 1.47 bits per heavy atom. The molecule has 1 aromatic heterocycles. The van der Waals surface area contributed by atoms with Crippen LogP contribution in [0.3, 0.4) is 0 Å². The van der Waals surface area contributed by atoms with Gasteiger partial charge in [-0.15, -0.1) is 11.6 Å². The van der Waals surface area contributed by atoms with E-state index >= 15 is 0 Å². The first kappa shape index (κ1) is 14.6. The Kier molecular flexibility index (Phi) is 4.66. The molecule has 1 unspecified atom stereocenters. The molecule has 0 N–H and O–H groups in total. The molecule has 2 aromatic rings. The lowest BCUT2D eigenvalue weighted by atomic mass is 10.2. The molecule has 0 bridgehead atoms. The fraction of sp³-hybridized carbons (Fsp3) is 0.462. The van der Waals surface area contributed by atoms with Crippen molar-refractivity contribution < 1.29 is 9.13 Å². The first-order valence-electron chi connectivity index (χ1n) is 6.08. The maximum absolute atomic E-state index is 13.6. The molecular weight excluding hydrogens is 290 g/mol. The van der Waals surface area contributed by atoms with Gasteiger partial charge in [-0.1, -0.05) is 11.6 Å². The molecule has 6 heteroatoms. The minimum Gasteiger partial charge on any atom is -0.380 e. The quantitative estimate of drug-likeness (QED) is 0.775. The van der Waals surface area contributed by atoms with Crippen LogP contribution >= 0.6 is 23.2 Å². The van der Waals surface area contributed by atoms with Crippen molar-refractivity contribution in [3.8, 4) is 0 Å². The second kappa shape index (κ2) is 6.07. The Hall–Kier alpha value is -0.840. The molecule has 0 aliphatic rings. The zero-order valence-electron chi connectivity index (χ0n) is 10.8. The molecule has 0 spiro atoms. The summed E-state index contributed by atoms with van der Waals surface area (Å²) < 4.78 is 20.9. The predicted octanol–water partition coefficient (Wildman–Crippen LogP) is 4.17. The summed E-state index contributed by atoms with van der Waals surface area (Å²) in [6.45, 7) is 5.07. The maximum atomic E-state index is 13.6. The summed E-state index contributed by atoms with van der Waals surface area (Å²) in [5.74, 6) is 0.482. The summed E-state index contributed by atoms with van der Waals surface area (Å²) in [7, 11) is 0. The first-order chi connectivity index (χ1) is 9.08. The van der Waals surface area contributed by atoms with Gasteiger partial charge in [-0.2, -0.15) is 0 Å². The van der Waals surface area contributed by atoms with Crippen LogP contribution in [0.5, 0.6) is 0 Å². The van der Waals surface area contributed by atoms with Gasteiger partial charge in [0.15, 0.2) is 0 Å². The molecule has 19 heavy (non-hydrogen) atoms. The minimum atomic E-state index is -0.458. The maximum Gasteiger partial charge on any atom is 0.144 e. The van der Waals surface area contributed by atoms with Crippen molar-refractivity contribution in [3.05, 3.63) is 28.8 Å². The van der Waals surface area contributed by atoms with Crippen molar-refractivity contribution in [2.75, 3.05) is 13.2 Å². The Morgan fingerprint density at radius 3 is 2.84 bits per heavy atom. The summed E-state index contributed by atoms with van der Waals surface area (Å²) in [5, 5.41) is 0.0655. The van der Waals surface area contributed by atoms with Crippen LogP contribution in [0.25, 0.3) is 11.0 Å². The van der Waals surface area contributed by atoms with Crippen LogP contribution < -0.4 is 0 Å². The number of nitrogens with zero attached hydrogens (tertiary/aromatic N) is 2. The lowest BCUT2D eigenvalue weighted by Gasteiger charge is -2.16. The van der Waals surface area contributed by atoms with Crippen molar-refractivity contribution in [3.63, 3.8) is 0 Å². The molecule has 3 nitrogen and oxygen atoms in total. The number of hydrogen-bond donors (Lipinski definition) is 0. The summed E-state index contributed by atoms with van der Waals surface area (Å²) >= 11 is 11.7. The minimum absolute atomic E-state index is 0.0271. The van der Waals surface area contributed by atoms with Crippen LogP contribution in [0, 0.1) is 5.82 Å². The van der Waals surface area contributed by atoms with Gasteiger partial charge >= 0.3 is 0 Å². The standard InChI is InChI=1S/C13H15Cl2FN2O/c1-3-19-7-8(2)18-12-5-10(16)9(15)4-11(12)17-13(18)6-14/h4-5,8H,3,6-7H2,1-2H3. The van der Waals surface area contributed by atoms with Gasteiger partial charge in [-0.3, -0.25) is 0 Å². The highest BCUT2D eigenvalue weighted by atomic mass is 35.5. The Labute approximate surface area is 121 Å². The molecule has 0 fully saturated rings. The van der Waals surface area contributed by atoms with Gasteiger partial charge in [0.05, 0.1) is 34.6 Å². The zero-order valence-corrected chi connectivity index (χ0v) is 12.3. The number of benzene rings is 1. The fourth-order valence-corrected chi connectivity index (χ4v) is 2.44. The second-order valence-electron chi connectivity index (χ2n) is 4.30. The van der Waals surface area contributed by atoms with Crippen molar-refractivity contribution in [2.24, 2.45) is 0 Å². The van der Waals surface area contributed by atoms with E-state index in [2.05, 4.69) is 4.98 Å². The topological polar surface area (TPSA) is 27.1 Å². The molecule has 104 valence electrons. The SMILES string of the molecule is CCOCC(C)n1c(CCl)nc2cc(Cl)c(F)cc21. The number of ether oxygens (including phenoxy) is 1. The molecule has 1 heterocycles. The second-order valence-corrected chi connectivity index (χ2v) is 4.97. The van der Waals surface area contributed by atoms with Gasteiger partial charge in [-0.25, -0.2) is 9.37 Å². The van der Waals surface area contributed by atoms with Crippen LogP contribution in [-0.2, 0) is 10.6 Å². The first-order valence-corrected chi connectivity index (χ1v) is 6.99. The molecule has 2 rings (SSSR count). The molecule has 0 radical (unpaired) electrons. The predicted molar refractivity (Wildman–Crippen MR) is 75.5 cm³/mol. The van der Waals surface area contributed by atoms with Crippen LogP contribution in [0.1, 0.15) is 25.7 Å². The third-order valence-corrected chi connectivity index (χ3v) is 3.46. The van der Waals surface area contributed by atoms with Gasteiger partial charge in [0.2, 0.25) is 0 Å². The van der Waals surface area contributed by atoms with Crippen LogP contribution in [-0.4, -0.2) is 22.8 Å². The lowest BCUT2D eigenvalue weighted by Crippen LogP contribution is -2.14. The largest absolute Gasteiger partial charge is 0.380 e. The van der Waals surface area contributed by atoms with Gasteiger partial charge in [0.1, 0.15) is 11.6 Å². The number of fused-ring (bicyclic) bond motifs is 1. The number of imidazole rings is 1. The normalized spacial score (nSPS) is 13.1. The van der Waals surface area contributed by atoms with Crippen molar-refractivity contribution in [2.45, 2.75) is 25.8 Å². The summed E-state index contributed by atoms with van der Waals surface area (Å²) in [5.41, 5.74) is 1.33. The van der Waals surface area contributed by atoms with E-state index in [4.69, 9.17) is 27.9 Å². The summed E-state index contributed by atoms with van der Waals surface area (Å²) in [4.78, 5) is 4.39. The summed E-state index contributed by atoms with van der Waals surface area (Å²) in [6.07, 6.45) is 0. The monoisotopic (exact) mass is 304 g/mol. The number of aromatic nitrogens is 2. The highest BCUT2D eigenvalue weighted by molar-refractivity contribution is 6.31. The Balaban J connectivity index is 2.53. The number of halogens is 3. The average Bonchev–Trinajstić information content (AvgIpc) is 2.74. The highest BCUT2D eigenvalue weighted by Crippen LogP contribution is 2.27. The summed E-state index contributed by atoms with van der Waals surface area (Å²) in [6, 6.07) is 2.94. The van der Waals surface area contributed by atoms with E-state index in [0.29, 0.717) is 30.1 Å². The average molecular weight is 305 g/mol. The third-order valence-electron chi connectivity index (χ3n) is 2.93. The molecule has 0 amide bonds. The molecule has 0 saturated heterocycles. The van der Waals surface area contributed by atoms with Gasteiger partial charge < -0.3 is 9.30 Å². The molecule has 1 atom stereocenters. The van der Waals surface area contributed by atoms with Crippen molar-refractivity contribution >= 4 is 34.2 Å². The van der Waals surface area contributed by atoms with E-state index in [1.54, 1.807) is 0 Å².